The highest BCUT2D eigenvalue weighted by Gasteiger charge is 2.43. The van der Waals surface area contributed by atoms with Crippen LogP contribution in [0.25, 0.3) is 0 Å². The lowest BCUT2D eigenvalue weighted by molar-refractivity contribution is 0.0906. The summed E-state index contributed by atoms with van der Waals surface area (Å²) in [6.07, 6.45) is 1.70. The molecule has 2 rings (SSSR count). The van der Waals surface area contributed by atoms with Gasteiger partial charge in [0.15, 0.2) is 0 Å². The van der Waals surface area contributed by atoms with Crippen LogP contribution in [0.15, 0.2) is 18.2 Å². The number of nitrogens with one attached hydrogen (secondary N) is 1. The molecule has 0 unspecified atom stereocenters. The first kappa shape index (κ1) is 11.0. The number of amides is 1. The predicted octanol–water partition coefficient (Wildman–Crippen LogP) is 0.832. The highest BCUT2D eigenvalue weighted by molar-refractivity contribution is 5.96. The van der Waals surface area contributed by atoms with E-state index in [1.807, 2.05) is 6.92 Å². The van der Waals surface area contributed by atoms with Crippen LogP contribution in [-0.2, 0) is 0 Å². The van der Waals surface area contributed by atoms with Crippen LogP contribution in [0, 0.1) is 6.92 Å². The zero-order valence-corrected chi connectivity index (χ0v) is 9.29. The second-order valence-electron chi connectivity index (χ2n) is 4.47. The molecule has 0 aliphatic heterocycles. The number of nitrogen functional groups attached to an aromatic ring is 1. The highest BCUT2D eigenvalue weighted by Crippen LogP contribution is 2.34. The number of carbonyl (C=O) groups excluding carboxylic acids is 1. The molecule has 0 bridgehead atoms. The molecule has 0 aromatic heterocycles. The topological polar surface area (TPSA) is 75.4 Å². The molecule has 1 aliphatic carbocycles. The second kappa shape index (κ2) is 3.79. The van der Waals surface area contributed by atoms with Crippen LogP contribution in [0.2, 0.25) is 0 Å². The summed E-state index contributed by atoms with van der Waals surface area (Å²) in [6.45, 7) is 1.86. The Labute approximate surface area is 94.5 Å². The van der Waals surface area contributed by atoms with Gasteiger partial charge in [-0.1, -0.05) is 0 Å². The van der Waals surface area contributed by atoms with E-state index in [1.54, 1.807) is 18.2 Å². The minimum Gasteiger partial charge on any atom is -0.399 e. The molecule has 0 spiro atoms. The average molecular weight is 220 g/mol. The number of hydrogen-bond acceptors (Lipinski definition) is 3. The lowest BCUT2D eigenvalue weighted by Crippen LogP contribution is -2.39. The van der Waals surface area contributed by atoms with Crippen molar-refractivity contribution in [2.45, 2.75) is 25.3 Å². The van der Waals surface area contributed by atoms with Crippen molar-refractivity contribution in [2.24, 2.45) is 0 Å². The Morgan fingerprint density at radius 2 is 2.25 bits per heavy atom. The minimum absolute atomic E-state index is 0.00671. The van der Waals surface area contributed by atoms with E-state index in [4.69, 9.17) is 10.8 Å². The summed E-state index contributed by atoms with van der Waals surface area (Å²) in [6, 6.07) is 5.20. The predicted molar refractivity (Wildman–Crippen MR) is 62.1 cm³/mol. The van der Waals surface area contributed by atoms with Crippen LogP contribution in [0.1, 0.15) is 28.8 Å². The molecule has 1 saturated carbocycles. The number of hydrogen-bond donors (Lipinski definition) is 3. The number of aliphatic hydroxyl groups is 1. The normalized spacial score (nSPS) is 16.9. The van der Waals surface area contributed by atoms with E-state index >= 15 is 0 Å². The van der Waals surface area contributed by atoms with Gasteiger partial charge in [0.2, 0.25) is 0 Å². The Kier molecular flexibility index (Phi) is 2.59. The molecule has 0 radical (unpaired) electrons. The molecule has 4 nitrogen and oxygen atoms in total. The number of anilines is 1. The second-order valence-corrected chi connectivity index (χ2v) is 4.47. The van der Waals surface area contributed by atoms with Crippen molar-refractivity contribution in [2.75, 3.05) is 12.3 Å². The van der Waals surface area contributed by atoms with E-state index in [1.165, 1.54) is 0 Å². The van der Waals surface area contributed by atoms with E-state index < -0.39 is 0 Å². The van der Waals surface area contributed by atoms with Gasteiger partial charge in [0.05, 0.1) is 12.1 Å². The van der Waals surface area contributed by atoms with Crippen LogP contribution in [0.4, 0.5) is 5.69 Å². The Balaban J connectivity index is 2.15. The average Bonchev–Trinajstić information content (AvgIpc) is 2.98. The number of benzene rings is 1. The van der Waals surface area contributed by atoms with Crippen molar-refractivity contribution in [3.05, 3.63) is 29.3 Å². The third-order valence-electron chi connectivity index (χ3n) is 3.03. The molecule has 0 heterocycles. The standard InChI is InChI=1S/C12H16N2O2/c1-8-6-9(13)2-3-10(8)11(16)14-12(7-15)4-5-12/h2-3,6,15H,4-5,7,13H2,1H3,(H,14,16). The van der Waals surface area contributed by atoms with Crippen molar-refractivity contribution in [3.8, 4) is 0 Å². The maximum Gasteiger partial charge on any atom is 0.252 e. The summed E-state index contributed by atoms with van der Waals surface area (Å²) in [4.78, 5) is 11.9. The number of nitrogens with two attached hydrogens (primary N) is 1. The minimum atomic E-state index is -0.370. The number of rotatable bonds is 3. The van der Waals surface area contributed by atoms with Crippen LogP contribution >= 0.6 is 0 Å². The smallest absolute Gasteiger partial charge is 0.252 e. The molecule has 1 aliphatic rings. The highest BCUT2D eigenvalue weighted by atomic mass is 16.3. The van der Waals surface area contributed by atoms with Crippen molar-refractivity contribution in [1.82, 2.24) is 5.32 Å². The summed E-state index contributed by atoms with van der Waals surface area (Å²) in [7, 11) is 0. The largest absolute Gasteiger partial charge is 0.399 e. The van der Waals surface area contributed by atoms with Crippen LogP contribution in [0.3, 0.4) is 0 Å². The number of aliphatic hydroxyl groups excluding tert-OH is 1. The van der Waals surface area contributed by atoms with Crippen LogP contribution in [0.5, 0.6) is 0 Å². The van der Waals surface area contributed by atoms with Crippen molar-refractivity contribution in [1.29, 1.82) is 0 Å². The fourth-order valence-corrected chi connectivity index (χ4v) is 1.72. The SMILES string of the molecule is Cc1cc(N)ccc1C(=O)NC1(CO)CC1. The van der Waals surface area contributed by atoms with E-state index in [9.17, 15) is 4.79 Å². The van der Waals surface area contributed by atoms with Crippen molar-refractivity contribution in [3.63, 3.8) is 0 Å². The van der Waals surface area contributed by atoms with Gasteiger partial charge in [-0.2, -0.15) is 0 Å². The maximum atomic E-state index is 11.9. The fraction of sp³-hybridized carbons (Fsp3) is 0.417. The Morgan fingerprint density at radius 3 is 2.75 bits per heavy atom. The maximum absolute atomic E-state index is 11.9. The lowest BCUT2D eigenvalue weighted by Gasteiger charge is -2.15. The van der Waals surface area contributed by atoms with Crippen molar-refractivity contribution < 1.29 is 9.90 Å². The van der Waals surface area contributed by atoms with Gasteiger partial charge in [-0.3, -0.25) is 4.79 Å². The van der Waals surface area contributed by atoms with Gasteiger partial charge in [-0.25, -0.2) is 0 Å². The van der Waals surface area contributed by atoms with E-state index in [2.05, 4.69) is 5.32 Å². The first-order valence-corrected chi connectivity index (χ1v) is 5.36. The van der Waals surface area contributed by atoms with Gasteiger partial charge < -0.3 is 16.2 Å². The van der Waals surface area contributed by atoms with Gasteiger partial charge in [0, 0.05) is 11.3 Å². The fourth-order valence-electron chi connectivity index (χ4n) is 1.72. The molecule has 86 valence electrons. The molecular formula is C12H16N2O2. The summed E-state index contributed by atoms with van der Waals surface area (Å²) in [5.74, 6) is -0.135. The van der Waals surface area contributed by atoms with Gasteiger partial charge in [-0.15, -0.1) is 0 Å². The Bertz CT molecular complexity index is 425. The Morgan fingerprint density at radius 1 is 1.56 bits per heavy atom. The molecular weight excluding hydrogens is 204 g/mol. The third-order valence-corrected chi connectivity index (χ3v) is 3.03. The Hall–Kier alpha value is -1.55. The summed E-state index contributed by atoms with van der Waals surface area (Å²) in [5.41, 5.74) is 7.37. The van der Waals surface area contributed by atoms with Crippen molar-refractivity contribution >= 4 is 11.6 Å². The van der Waals surface area contributed by atoms with E-state index in [0.29, 0.717) is 11.3 Å². The van der Waals surface area contributed by atoms with Gasteiger partial charge in [0.25, 0.3) is 5.91 Å². The monoisotopic (exact) mass is 220 g/mol. The molecule has 1 aromatic rings. The van der Waals surface area contributed by atoms with Gasteiger partial charge in [0.1, 0.15) is 0 Å². The molecule has 1 aromatic carbocycles. The first-order chi connectivity index (χ1) is 7.56. The summed E-state index contributed by atoms with van der Waals surface area (Å²) >= 11 is 0. The molecule has 0 saturated heterocycles. The third kappa shape index (κ3) is 2.02. The zero-order valence-electron chi connectivity index (χ0n) is 9.29. The quantitative estimate of drug-likeness (QED) is 0.660. The van der Waals surface area contributed by atoms with E-state index in [0.717, 1.165) is 18.4 Å². The molecule has 1 fully saturated rings. The lowest BCUT2D eigenvalue weighted by atomic mass is 10.1. The van der Waals surface area contributed by atoms with Crippen LogP contribution in [-0.4, -0.2) is 23.2 Å². The van der Waals surface area contributed by atoms with Gasteiger partial charge >= 0.3 is 0 Å². The number of aryl methyl sites for hydroxylation is 1. The molecule has 1 amide bonds. The summed E-state index contributed by atoms with van der Waals surface area (Å²) in [5, 5.41) is 12.0. The van der Waals surface area contributed by atoms with Gasteiger partial charge in [-0.05, 0) is 43.5 Å². The van der Waals surface area contributed by atoms with Crippen LogP contribution < -0.4 is 11.1 Å². The number of carbonyl (C=O) groups is 1. The molecule has 4 N–H and O–H groups in total. The van der Waals surface area contributed by atoms with E-state index in [-0.39, 0.29) is 18.1 Å². The molecule has 16 heavy (non-hydrogen) atoms. The molecule has 0 atom stereocenters. The zero-order chi connectivity index (χ0) is 11.8. The summed E-state index contributed by atoms with van der Waals surface area (Å²) < 4.78 is 0. The first-order valence-electron chi connectivity index (χ1n) is 5.36. The molecule has 4 heteroatoms.